The van der Waals surface area contributed by atoms with E-state index >= 15 is 0 Å². The van der Waals surface area contributed by atoms with Gasteiger partial charge < -0.3 is 9.32 Å². The molecule has 0 saturated carbocycles. The van der Waals surface area contributed by atoms with Crippen LogP contribution in [0.2, 0.25) is 0 Å². The summed E-state index contributed by atoms with van der Waals surface area (Å²) in [6, 6.07) is 54.0. The third-order valence-electron chi connectivity index (χ3n) is 9.34. The molecule has 0 amide bonds. The number of anilines is 3. The predicted molar refractivity (Wildman–Crippen MR) is 202 cm³/mol. The van der Waals surface area contributed by atoms with Gasteiger partial charge in [-0.1, -0.05) is 84.9 Å². The Kier molecular flexibility index (Phi) is 6.58. The van der Waals surface area contributed by atoms with Crippen molar-refractivity contribution in [3.8, 4) is 22.3 Å². The Morgan fingerprint density at radius 2 is 1.21 bits per heavy atom. The van der Waals surface area contributed by atoms with Gasteiger partial charge in [0.1, 0.15) is 11.2 Å². The molecule has 9 rings (SSSR count). The Balaban J connectivity index is 1.14. The van der Waals surface area contributed by atoms with Crippen molar-refractivity contribution in [1.82, 2.24) is 4.98 Å². The van der Waals surface area contributed by atoms with Crippen LogP contribution in [0.5, 0.6) is 0 Å². The Bertz CT molecular complexity index is 2610. The zero-order chi connectivity index (χ0) is 32.2. The number of fused-ring (bicyclic) bond motifs is 6. The molecule has 2 aromatic heterocycles. The smallest absolute Gasteiger partial charge is 0.136 e. The molecule has 3 heteroatoms. The van der Waals surface area contributed by atoms with Crippen molar-refractivity contribution in [2.24, 2.45) is 0 Å². The topological polar surface area (TPSA) is 29.3 Å². The fraction of sp³-hybridized carbons (Fsp3) is 0.0444. The van der Waals surface area contributed by atoms with Crippen molar-refractivity contribution in [2.45, 2.75) is 13.8 Å². The van der Waals surface area contributed by atoms with E-state index in [0.29, 0.717) is 0 Å². The maximum Gasteiger partial charge on any atom is 0.136 e. The molecule has 0 radical (unpaired) electrons. The van der Waals surface area contributed by atoms with Gasteiger partial charge >= 0.3 is 0 Å². The standard InChI is InChI=1S/C45H32N2O/c1-29-24-30(2)26-36(25-29)47(34-11-4-3-5-12-34)35-20-17-31(18-21-35)32-19-22-40-43(28-32)48-42-16-8-14-38(44(40)42)41-27-33-10-6-7-13-37(33)45-39(41)15-9-23-46-45/h3-28H,1-2H3. The van der Waals surface area contributed by atoms with Crippen LogP contribution in [-0.4, -0.2) is 4.98 Å². The van der Waals surface area contributed by atoms with Crippen molar-refractivity contribution in [3.63, 3.8) is 0 Å². The summed E-state index contributed by atoms with van der Waals surface area (Å²) < 4.78 is 6.55. The monoisotopic (exact) mass is 616 g/mol. The van der Waals surface area contributed by atoms with E-state index in [2.05, 4.69) is 164 Å². The van der Waals surface area contributed by atoms with Crippen molar-refractivity contribution < 1.29 is 4.42 Å². The Labute approximate surface area is 279 Å². The maximum atomic E-state index is 6.55. The predicted octanol–water partition coefficient (Wildman–Crippen LogP) is 12.7. The number of para-hydroxylation sites is 1. The number of hydrogen-bond donors (Lipinski definition) is 0. The first kappa shape index (κ1) is 28.1. The van der Waals surface area contributed by atoms with Gasteiger partial charge in [0.2, 0.25) is 0 Å². The fourth-order valence-electron chi connectivity index (χ4n) is 7.27. The van der Waals surface area contributed by atoms with Crippen LogP contribution in [0, 0.1) is 13.8 Å². The number of nitrogens with zero attached hydrogens (tertiary/aromatic N) is 2. The lowest BCUT2D eigenvalue weighted by atomic mass is 9.93. The number of aryl methyl sites for hydroxylation is 2. The molecule has 0 unspecified atom stereocenters. The normalized spacial score (nSPS) is 11.5. The molecule has 0 aliphatic heterocycles. The average Bonchev–Trinajstić information content (AvgIpc) is 3.50. The van der Waals surface area contributed by atoms with Gasteiger partial charge in [-0.25, -0.2) is 0 Å². The zero-order valence-electron chi connectivity index (χ0n) is 26.8. The second-order valence-corrected chi connectivity index (χ2v) is 12.6. The van der Waals surface area contributed by atoms with Gasteiger partial charge in [-0.2, -0.15) is 0 Å². The van der Waals surface area contributed by atoms with E-state index < -0.39 is 0 Å². The number of rotatable bonds is 5. The highest BCUT2D eigenvalue weighted by Crippen LogP contribution is 2.42. The largest absolute Gasteiger partial charge is 0.456 e. The van der Waals surface area contributed by atoms with Gasteiger partial charge in [-0.3, -0.25) is 4.98 Å². The highest BCUT2D eigenvalue weighted by atomic mass is 16.3. The zero-order valence-corrected chi connectivity index (χ0v) is 26.8. The minimum absolute atomic E-state index is 0.878. The van der Waals surface area contributed by atoms with Gasteiger partial charge in [-0.05, 0) is 119 Å². The Morgan fingerprint density at radius 3 is 2.04 bits per heavy atom. The quantitative estimate of drug-likeness (QED) is 0.180. The van der Waals surface area contributed by atoms with Crippen LogP contribution in [0.25, 0.3) is 65.9 Å². The van der Waals surface area contributed by atoms with Crippen molar-refractivity contribution in [2.75, 3.05) is 4.90 Å². The minimum Gasteiger partial charge on any atom is -0.456 e. The van der Waals surface area contributed by atoms with Gasteiger partial charge in [-0.15, -0.1) is 0 Å². The van der Waals surface area contributed by atoms with E-state index in [-0.39, 0.29) is 0 Å². The molecule has 0 aliphatic rings. The van der Waals surface area contributed by atoms with E-state index in [1.54, 1.807) is 0 Å². The molecule has 0 bridgehead atoms. The summed E-state index contributed by atoms with van der Waals surface area (Å²) in [7, 11) is 0. The molecule has 0 atom stereocenters. The molecular weight excluding hydrogens is 585 g/mol. The lowest BCUT2D eigenvalue weighted by Gasteiger charge is -2.26. The second kappa shape index (κ2) is 11.3. The summed E-state index contributed by atoms with van der Waals surface area (Å²) in [5, 5.41) is 5.72. The third-order valence-corrected chi connectivity index (χ3v) is 9.34. The first-order valence-electron chi connectivity index (χ1n) is 16.4. The van der Waals surface area contributed by atoms with E-state index in [9.17, 15) is 0 Å². The van der Waals surface area contributed by atoms with E-state index in [4.69, 9.17) is 9.40 Å². The Hall–Kier alpha value is -6.19. The van der Waals surface area contributed by atoms with Gasteiger partial charge in [0.25, 0.3) is 0 Å². The highest BCUT2D eigenvalue weighted by molar-refractivity contribution is 6.19. The van der Waals surface area contributed by atoms with Gasteiger partial charge in [0.05, 0.1) is 5.52 Å². The third kappa shape index (κ3) is 4.71. The summed E-state index contributed by atoms with van der Waals surface area (Å²) in [4.78, 5) is 7.12. The molecule has 7 aromatic carbocycles. The lowest BCUT2D eigenvalue weighted by Crippen LogP contribution is -2.10. The van der Waals surface area contributed by atoms with E-state index in [1.165, 1.54) is 16.5 Å². The molecule has 0 saturated heterocycles. The molecule has 0 fully saturated rings. The summed E-state index contributed by atoms with van der Waals surface area (Å²) in [5.41, 5.74) is 13.2. The minimum atomic E-state index is 0.878. The van der Waals surface area contributed by atoms with Gasteiger partial charge in [0.15, 0.2) is 0 Å². The van der Waals surface area contributed by atoms with Crippen LogP contribution in [0.3, 0.4) is 0 Å². The number of furan rings is 1. The van der Waals surface area contributed by atoms with Crippen LogP contribution in [0.4, 0.5) is 17.1 Å². The maximum absolute atomic E-state index is 6.55. The average molecular weight is 617 g/mol. The van der Waals surface area contributed by atoms with Crippen molar-refractivity contribution >= 4 is 60.7 Å². The molecule has 228 valence electrons. The summed E-state index contributed by atoms with van der Waals surface area (Å²) >= 11 is 0. The molecule has 0 spiro atoms. The molecule has 3 nitrogen and oxygen atoms in total. The summed E-state index contributed by atoms with van der Waals surface area (Å²) in [6.45, 7) is 4.31. The second-order valence-electron chi connectivity index (χ2n) is 12.6. The number of aromatic nitrogens is 1. The molecule has 0 aliphatic carbocycles. The number of pyridine rings is 1. The first-order chi connectivity index (χ1) is 23.6. The van der Waals surface area contributed by atoms with Crippen LogP contribution < -0.4 is 4.90 Å². The summed E-state index contributed by atoms with van der Waals surface area (Å²) in [5.74, 6) is 0. The van der Waals surface area contributed by atoms with Crippen LogP contribution in [-0.2, 0) is 0 Å². The fourth-order valence-corrected chi connectivity index (χ4v) is 7.27. The van der Waals surface area contributed by atoms with E-state index in [1.807, 2.05) is 12.3 Å². The van der Waals surface area contributed by atoms with E-state index in [0.717, 1.165) is 77.5 Å². The molecule has 2 heterocycles. The Morgan fingerprint density at radius 1 is 0.479 bits per heavy atom. The molecule has 9 aromatic rings. The number of hydrogen-bond acceptors (Lipinski definition) is 3. The van der Waals surface area contributed by atoms with Crippen LogP contribution >= 0.6 is 0 Å². The molecule has 0 N–H and O–H groups in total. The van der Waals surface area contributed by atoms with Crippen molar-refractivity contribution in [1.29, 1.82) is 0 Å². The van der Waals surface area contributed by atoms with Crippen molar-refractivity contribution in [3.05, 3.63) is 169 Å². The molecular formula is C45H32N2O. The van der Waals surface area contributed by atoms with Crippen LogP contribution in [0.15, 0.2) is 162 Å². The molecule has 48 heavy (non-hydrogen) atoms. The number of benzene rings is 7. The summed E-state index contributed by atoms with van der Waals surface area (Å²) in [6.07, 6.45) is 1.88. The lowest BCUT2D eigenvalue weighted by molar-refractivity contribution is 0.669. The van der Waals surface area contributed by atoms with Gasteiger partial charge in [0, 0.05) is 44.8 Å². The van der Waals surface area contributed by atoms with Crippen LogP contribution in [0.1, 0.15) is 11.1 Å². The SMILES string of the molecule is Cc1cc(C)cc(N(c2ccccc2)c2ccc(-c3ccc4c(c3)oc3cccc(-c5cc6ccccc6c6ncccc56)c34)cc2)c1. The first-order valence-corrected chi connectivity index (χ1v) is 16.4. The highest BCUT2D eigenvalue weighted by Gasteiger charge is 2.18.